The van der Waals surface area contributed by atoms with Crippen molar-refractivity contribution in [3.05, 3.63) is 10.8 Å². The Kier molecular flexibility index (Phi) is 2.93. The Balaban J connectivity index is 2.36. The lowest BCUT2D eigenvalue weighted by atomic mass is 9.75. The Bertz CT molecular complexity index is 359. The first-order valence-electron chi connectivity index (χ1n) is 6.09. The van der Waals surface area contributed by atoms with Crippen molar-refractivity contribution < 1.29 is 9.47 Å². The van der Waals surface area contributed by atoms with Gasteiger partial charge in [0.1, 0.15) is 12.2 Å². The van der Waals surface area contributed by atoms with Crippen LogP contribution in [0.15, 0.2) is 10.8 Å². The van der Waals surface area contributed by atoms with E-state index in [1.165, 1.54) is 0 Å². The van der Waals surface area contributed by atoms with Gasteiger partial charge in [-0.1, -0.05) is 41.5 Å². The predicted molar refractivity (Wildman–Crippen MR) is 72.1 cm³/mol. The minimum atomic E-state index is 0.0670. The van der Waals surface area contributed by atoms with Crippen LogP contribution in [0, 0.1) is 10.8 Å². The van der Waals surface area contributed by atoms with Crippen molar-refractivity contribution in [3.63, 3.8) is 0 Å². The summed E-state index contributed by atoms with van der Waals surface area (Å²) in [7, 11) is 0. The largest absolute Gasteiger partial charge is 0.481 e. The van der Waals surface area contributed by atoms with Crippen LogP contribution in [-0.2, 0) is 0 Å². The number of ether oxygens (including phenoxy) is 2. The van der Waals surface area contributed by atoms with Crippen molar-refractivity contribution in [1.82, 2.24) is 0 Å². The molecule has 2 atom stereocenters. The van der Waals surface area contributed by atoms with E-state index in [1.807, 2.05) is 10.8 Å². The summed E-state index contributed by atoms with van der Waals surface area (Å²) in [5, 5.41) is 4.04. The van der Waals surface area contributed by atoms with Crippen molar-refractivity contribution in [2.75, 3.05) is 0 Å². The summed E-state index contributed by atoms with van der Waals surface area (Å²) < 4.78 is 12.3. The van der Waals surface area contributed by atoms with E-state index in [9.17, 15) is 0 Å². The maximum Gasteiger partial charge on any atom is 0.172 e. The van der Waals surface area contributed by atoms with E-state index in [0.717, 1.165) is 11.5 Å². The van der Waals surface area contributed by atoms with E-state index in [0.29, 0.717) is 0 Å². The van der Waals surface area contributed by atoms with Crippen LogP contribution in [0.5, 0.6) is 11.5 Å². The van der Waals surface area contributed by atoms with E-state index in [-0.39, 0.29) is 23.0 Å². The molecule has 0 radical (unpaired) electrons. The average Bonchev–Trinajstić information content (AvgIpc) is 2.59. The van der Waals surface area contributed by atoms with Gasteiger partial charge in [0.2, 0.25) is 0 Å². The van der Waals surface area contributed by atoms with Crippen LogP contribution < -0.4 is 9.47 Å². The Morgan fingerprint density at radius 1 is 0.824 bits per heavy atom. The molecule has 0 bridgehead atoms. The first-order valence-corrected chi connectivity index (χ1v) is 7.03. The van der Waals surface area contributed by atoms with Gasteiger partial charge in [-0.25, -0.2) is 0 Å². The van der Waals surface area contributed by atoms with Crippen LogP contribution in [0.2, 0.25) is 0 Å². The maximum atomic E-state index is 6.16. The van der Waals surface area contributed by atoms with E-state index >= 15 is 0 Å². The van der Waals surface area contributed by atoms with Crippen molar-refractivity contribution in [2.24, 2.45) is 10.8 Å². The van der Waals surface area contributed by atoms with E-state index in [2.05, 4.69) is 41.5 Å². The van der Waals surface area contributed by atoms with Gasteiger partial charge in [0.15, 0.2) is 11.5 Å². The van der Waals surface area contributed by atoms with Gasteiger partial charge in [-0.3, -0.25) is 0 Å². The molecule has 1 aromatic rings. The lowest BCUT2D eigenvalue weighted by Gasteiger charge is -2.45. The van der Waals surface area contributed by atoms with Gasteiger partial charge in [-0.05, 0) is 0 Å². The summed E-state index contributed by atoms with van der Waals surface area (Å²) in [6, 6.07) is 0. The minimum Gasteiger partial charge on any atom is -0.481 e. The molecule has 2 unspecified atom stereocenters. The predicted octanol–water partition coefficient (Wildman–Crippen LogP) is 4.35. The number of thiophene rings is 1. The molecule has 0 aliphatic carbocycles. The second-order valence-electron chi connectivity index (χ2n) is 6.91. The monoisotopic (exact) mass is 254 g/mol. The van der Waals surface area contributed by atoms with Crippen LogP contribution >= 0.6 is 11.3 Å². The van der Waals surface area contributed by atoms with Crippen LogP contribution in [0.1, 0.15) is 41.5 Å². The number of hydrogen-bond acceptors (Lipinski definition) is 3. The Hall–Kier alpha value is -0.700. The zero-order valence-corrected chi connectivity index (χ0v) is 12.4. The molecule has 96 valence electrons. The fourth-order valence-corrected chi connectivity index (χ4v) is 2.76. The number of rotatable bonds is 0. The second-order valence-corrected chi connectivity index (χ2v) is 7.65. The molecule has 2 rings (SSSR count). The van der Waals surface area contributed by atoms with Gasteiger partial charge >= 0.3 is 0 Å². The quantitative estimate of drug-likeness (QED) is 0.685. The molecule has 2 heterocycles. The maximum absolute atomic E-state index is 6.16. The smallest absolute Gasteiger partial charge is 0.172 e. The summed E-state index contributed by atoms with van der Waals surface area (Å²) >= 11 is 1.63. The topological polar surface area (TPSA) is 18.5 Å². The van der Waals surface area contributed by atoms with E-state index in [1.54, 1.807) is 11.3 Å². The normalized spacial score (nSPS) is 24.8. The molecular formula is C14H22O2S. The molecular weight excluding hydrogens is 232 g/mol. The molecule has 0 fully saturated rings. The van der Waals surface area contributed by atoms with Crippen molar-refractivity contribution in [1.29, 1.82) is 0 Å². The molecule has 0 saturated carbocycles. The van der Waals surface area contributed by atoms with Gasteiger partial charge in [0, 0.05) is 21.6 Å². The lowest BCUT2D eigenvalue weighted by molar-refractivity contribution is -0.0840. The van der Waals surface area contributed by atoms with Gasteiger partial charge < -0.3 is 9.47 Å². The fraction of sp³-hybridized carbons (Fsp3) is 0.714. The highest BCUT2D eigenvalue weighted by Crippen LogP contribution is 2.45. The van der Waals surface area contributed by atoms with E-state index < -0.39 is 0 Å². The van der Waals surface area contributed by atoms with Crippen LogP contribution in [0.4, 0.5) is 0 Å². The molecule has 17 heavy (non-hydrogen) atoms. The average molecular weight is 254 g/mol. The Morgan fingerprint density at radius 3 is 1.47 bits per heavy atom. The fourth-order valence-electron chi connectivity index (χ4n) is 2.10. The molecule has 1 aliphatic heterocycles. The van der Waals surface area contributed by atoms with Crippen molar-refractivity contribution in [2.45, 2.75) is 53.8 Å². The van der Waals surface area contributed by atoms with Gasteiger partial charge in [-0.15, -0.1) is 11.3 Å². The van der Waals surface area contributed by atoms with Crippen LogP contribution in [-0.4, -0.2) is 12.2 Å². The highest BCUT2D eigenvalue weighted by atomic mass is 32.1. The number of fused-ring (bicyclic) bond motifs is 1. The third-order valence-corrected chi connectivity index (χ3v) is 3.78. The van der Waals surface area contributed by atoms with Crippen molar-refractivity contribution in [3.8, 4) is 11.5 Å². The Labute approximate surface area is 108 Å². The van der Waals surface area contributed by atoms with Gasteiger partial charge in [0.25, 0.3) is 0 Å². The summed E-state index contributed by atoms with van der Waals surface area (Å²) in [4.78, 5) is 0. The zero-order chi connectivity index (χ0) is 12.8. The first kappa shape index (κ1) is 12.7. The zero-order valence-electron chi connectivity index (χ0n) is 11.5. The molecule has 0 N–H and O–H groups in total. The minimum absolute atomic E-state index is 0.0670. The first-order chi connectivity index (χ1) is 7.69. The highest BCUT2D eigenvalue weighted by molar-refractivity contribution is 7.08. The summed E-state index contributed by atoms with van der Waals surface area (Å²) in [5.41, 5.74) is 0.134. The number of hydrogen-bond donors (Lipinski definition) is 0. The molecule has 0 aromatic carbocycles. The second kappa shape index (κ2) is 3.91. The van der Waals surface area contributed by atoms with Crippen LogP contribution in [0.3, 0.4) is 0 Å². The molecule has 3 heteroatoms. The standard InChI is InChI=1S/C14H22O2S/c1-13(2,3)11-12(14(4,5)6)16-10-8-17-7-9(10)15-11/h7-8,11-12H,1-6H3. The molecule has 0 saturated heterocycles. The molecule has 0 amide bonds. The molecule has 0 spiro atoms. The molecule has 2 nitrogen and oxygen atoms in total. The van der Waals surface area contributed by atoms with Crippen molar-refractivity contribution >= 4 is 11.3 Å². The SMILES string of the molecule is CC(C)(C)C1Oc2cscc2OC1C(C)(C)C. The Morgan fingerprint density at radius 2 is 1.18 bits per heavy atom. The van der Waals surface area contributed by atoms with Gasteiger partial charge in [-0.2, -0.15) is 0 Å². The summed E-state index contributed by atoms with van der Waals surface area (Å²) in [5.74, 6) is 1.80. The molecule has 1 aromatic heterocycles. The van der Waals surface area contributed by atoms with Gasteiger partial charge in [0.05, 0.1) is 0 Å². The lowest BCUT2D eigenvalue weighted by Crippen LogP contribution is -2.53. The summed E-state index contributed by atoms with van der Waals surface area (Å²) in [6.07, 6.45) is 0.175. The van der Waals surface area contributed by atoms with Crippen LogP contribution in [0.25, 0.3) is 0 Å². The van der Waals surface area contributed by atoms with E-state index in [4.69, 9.17) is 9.47 Å². The summed E-state index contributed by atoms with van der Waals surface area (Å²) in [6.45, 7) is 13.2. The third kappa shape index (κ3) is 2.44. The molecule has 1 aliphatic rings. The third-order valence-electron chi connectivity index (χ3n) is 3.08. The highest BCUT2D eigenvalue weighted by Gasteiger charge is 2.45.